The maximum atomic E-state index is 13.8. The number of carboxylic acids is 3. The van der Waals surface area contributed by atoms with Crippen LogP contribution in [0, 0.1) is 23.3 Å². The first-order chi connectivity index (χ1) is 19.3. The van der Waals surface area contributed by atoms with E-state index in [2.05, 4.69) is 4.74 Å². The SMILES string of the molecule is O=C(O)CN(Cc1ccc(CC(=O)Oc2c(F)c(F)cc(F)c2F)cc1)[C@@H]1C=CCC[C@H]1N(CC(=O)O)CC(=O)O. The summed E-state index contributed by atoms with van der Waals surface area (Å²) < 4.78 is 58.8. The first-order valence-electron chi connectivity index (χ1n) is 12.3. The molecule has 41 heavy (non-hydrogen) atoms. The number of hydrogen-bond donors (Lipinski definition) is 3. The number of benzene rings is 2. The highest BCUT2D eigenvalue weighted by molar-refractivity contribution is 5.75. The third-order valence-electron chi connectivity index (χ3n) is 6.31. The van der Waals surface area contributed by atoms with Crippen LogP contribution in [-0.2, 0) is 32.1 Å². The quantitative estimate of drug-likeness (QED) is 0.106. The zero-order valence-corrected chi connectivity index (χ0v) is 21.4. The van der Waals surface area contributed by atoms with Gasteiger partial charge in [0.05, 0.1) is 26.1 Å². The first-order valence-corrected chi connectivity index (χ1v) is 12.3. The lowest BCUT2D eigenvalue weighted by Crippen LogP contribution is -2.55. The largest absolute Gasteiger partial charge is 0.480 e. The maximum Gasteiger partial charge on any atom is 0.317 e. The molecule has 1 aliphatic rings. The number of halogens is 4. The Morgan fingerprint density at radius 3 is 1.85 bits per heavy atom. The summed E-state index contributed by atoms with van der Waals surface area (Å²) in [6.07, 6.45) is 3.95. The lowest BCUT2D eigenvalue weighted by atomic mass is 9.93. The van der Waals surface area contributed by atoms with Crippen molar-refractivity contribution < 1.29 is 56.8 Å². The highest BCUT2D eigenvalue weighted by atomic mass is 19.2. The molecular weight excluding hydrogens is 556 g/mol. The van der Waals surface area contributed by atoms with E-state index in [0.717, 1.165) is 0 Å². The minimum absolute atomic E-state index is 0.0183. The number of carbonyl (C=O) groups excluding carboxylic acids is 1. The second-order valence-corrected chi connectivity index (χ2v) is 9.32. The summed E-state index contributed by atoms with van der Waals surface area (Å²) in [4.78, 5) is 49.5. The van der Waals surface area contributed by atoms with Gasteiger partial charge in [0.25, 0.3) is 0 Å². The van der Waals surface area contributed by atoms with E-state index in [4.69, 9.17) is 0 Å². The molecule has 3 N–H and O–H groups in total. The van der Waals surface area contributed by atoms with Crippen LogP contribution in [-0.4, -0.2) is 80.7 Å². The van der Waals surface area contributed by atoms with E-state index in [1.54, 1.807) is 29.2 Å². The van der Waals surface area contributed by atoms with E-state index < -0.39 is 91.0 Å². The van der Waals surface area contributed by atoms with Gasteiger partial charge in [-0.1, -0.05) is 36.4 Å². The predicted octanol–water partition coefficient (Wildman–Crippen LogP) is 2.84. The van der Waals surface area contributed by atoms with Crippen LogP contribution >= 0.6 is 0 Å². The number of esters is 1. The van der Waals surface area contributed by atoms with Gasteiger partial charge in [-0.3, -0.25) is 29.0 Å². The van der Waals surface area contributed by atoms with Crippen molar-refractivity contribution in [2.24, 2.45) is 0 Å². The third-order valence-corrected chi connectivity index (χ3v) is 6.31. The number of hydrogen-bond acceptors (Lipinski definition) is 7. The Morgan fingerprint density at radius 1 is 0.805 bits per heavy atom. The van der Waals surface area contributed by atoms with Gasteiger partial charge >= 0.3 is 23.9 Å². The van der Waals surface area contributed by atoms with Crippen LogP contribution in [0.5, 0.6) is 5.75 Å². The van der Waals surface area contributed by atoms with Crippen molar-refractivity contribution in [3.05, 3.63) is 76.9 Å². The lowest BCUT2D eigenvalue weighted by Gasteiger charge is -2.41. The van der Waals surface area contributed by atoms with Crippen LogP contribution in [0.2, 0.25) is 0 Å². The molecule has 2 aromatic carbocycles. The Morgan fingerprint density at radius 2 is 1.32 bits per heavy atom. The molecule has 0 unspecified atom stereocenters. The molecular formula is C27H26F4N2O8. The zero-order valence-electron chi connectivity index (χ0n) is 21.4. The fourth-order valence-electron chi connectivity index (χ4n) is 4.60. The molecule has 2 aromatic rings. The molecule has 14 heteroatoms. The van der Waals surface area contributed by atoms with Gasteiger partial charge in [0.1, 0.15) is 0 Å². The van der Waals surface area contributed by atoms with E-state index in [1.165, 1.54) is 17.0 Å². The summed E-state index contributed by atoms with van der Waals surface area (Å²) in [6.45, 7) is -1.50. The van der Waals surface area contributed by atoms with E-state index in [1.807, 2.05) is 0 Å². The van der Waals surface area contributed by atoms with Gasteiger partial charge in [0.2, 0.25) is 17.4 Å². The van der Waals surface area contributed by atoms with Gasteiger partial charge in [0, 0.05) is 24.7 Å². The molecule has 2 atom stereocenters. The molecule has 0 saturated heterocycles. The molecule has 0 aliphatic heterocycles. The van der Waals surface area contributed by atoms with E-state index in [0.29, 0.717) is 24.0 Å². The first kappa shape index (κ1) is 31.2. The average molecular weight is 583 g/mol. The van der Waals surface area contributed by atoms with Crippen LogP contribution < -0.4 is 4.74 Å². The second kappa shape index (κ2) is 13.9. The van der Waals surface area contributed by atoms with Gasteiger partial charge in [-0.2, -0.15) is 8.78 Å². The zero-order chi connectivity index (χ0) is 30.3. The van der Waals surface area contributed by atoms with Crippen molar-refractivity contribution in [1.82, 2.24) is 9.80 Å². The molecule has 0 aromatic heterocycles. The molecule has 0 fully saturated rings. The fraction of sp³-hybridized carbons (Fsp3) is 0.333. The molecule has 0 heterocycles. The second-order valence-electron chi connectivity index (χ2n) is 9.32. The smallest absolute Gasteiger partial charge is 0.317 e. The van der Waals surface area contributed by atoms with Gasteiger partial charge in [-0.25, -0.2) is 8.78 Å². The fourth-order valence-corrected chi connectivity index (χ4v) is 4.60. The van der Waals surface area contributed by atoms with Crippen molar-refractivity contribution in [3.63, 3.8) is 0 Å². The molecule has 0 spiro atoms. The van der Waals surface area contributed by atoms with E-state index in [9.17, 15) is 52.1 Å². The summed E-state index contributed by atoms with van der Waals surface area (Å²) in [7, 11) is 0. The molecule has 0 bridgehead atoms. The number of carbonyl (C=O) groups is 4. The Hall–Kier alpha value is -4.30. The van der Waals surface area contributed by atoms with Gasteiger partial charge < -0.3 is 20.1 Å². The molecule has 0 saturated carbocycles. The number of rotatable bonds is 13. The third kappa shape index (κ3) is 8.59. The Balaban J connectivity index is 1.76. The van der Waals surface area contributed by atoms with E-state index >= 15 is 0 Å². The van der Waals surface area contributed by atoms with Crippen molar-refractivity contribution in [2.45, 2.75) is 37.9 Å². The van der Waals surface area contributed by atoms with Crippen molar-refractivity contribution in [2.75, 3.05) is 19.6 Å². The van der Waals surface area contributed by atoms with Gasteiger partial charge in [-0.15, -0.1) is 0 Å². The number of ether oxygens (including phenoxy) is 1. The number of allylic oxidation sites excluding steroid dienone is 1. The summed E-state index contributed by atoms with van der Waals surface area (Å²) in [5.74, 6) is -13.5. The van der Waals surface area contributed by atoms with Crippen LogP contribution in [0.4, 0.5) is 17.6 Å². The summed E-state index contributed by atoms with van der Waals surface area (Å²) in [5.41, 5.74) is 0.888. The summed E-state index contributed by atoms with van der Waals surface area (Å²) >= 11 is 0. The van der Waals surface area contributed by atoms with Crippen LogP contribution in [0.3, 0.4) is 0 Å². The number of nitrogens with zero attached hydrogens (tertiary/aromatic N) is 2. The predicted molar refractivity (Wildman–Crippen MR) is 133 cm³/mol. The van der Waals surface area contributed by atoms with E-state index in [-0.39, 0.29) is 12.6 Å². The number of aliphatic carboxylic acids is 3. The van der Waals surface area contributed by atoms with Crippen LogP contribution in [0.1, 0.15) is 24.0 Å². The van der Waals surface area contributed by atoms with Gasteiger partial charge in [-0.05, 0) is 24.0 Å². The summed E-state index contributed by atoms with van der Waals surface area (Å²) in [5, 5.41) is 28.1. The van der Waals surface area contributed by atoms with Crippen molar-refractivity contribution >= 4 is 23.9 Å². The normalized spacial score (nSPS) is 16.6. The standard InChI is InChI=1S/C27H26F4N2O8/c28-17-10-18(29)26(31)27(25(17)30)41-24(40)9-15-5-7-16(8-6-15)11-32(12-21(34)35)19-3-1-2-4-20(19)33(13-22(36)37)14-23(38)39/h1,3,5-8,10,19-20H,2,4,9,11-14H2,(H,34,35)(H,36,37)(H,38,39)/t19-,20-/m1/s1. The molecule has 0 amide bonds. The minimum atomic E-state index is -1.86. The van der Waals surface area contributed by atoms with Gasteiger partial charge in [0.15, 0.2) is 11.6 Å². The Labute approximate surface area is 231 Å². The lowest BCUT2D eigenvalue weighted by molar-refractivity contribution is -0.145. The molecule has 0 radical (unpaired) electrons. The van der Waals surface area contributed by atoms with Crippen molar-refractivity contribution in [3.8, 4) is 5.75 Å². The number of carboxylic acid groups (broad SMARTS) is 3. The van der Waals surface area contributed by atoms with Crippen LogP contribution in [0.15, 0.2) is 42.5 Å². The Kier molecular flexibility index (Phi) is 10.6. The average Bonchev–Trinajstić information content (AvgIpc) is 2.89. The highest BCUT2D eigenvalue weighted by Gasteiger charge is 2.34. The molecule has 1 aliphatic carbocycles. The van der Waals surface area contributed by atoms with Crippen molar-refractivity contribution in [1.29, 1.82) is 0 Å². The molecule has 220 valence electrons. The minimum Gasteiger partial charge on any atom is -0.480 e. The Bertz CT molecular complexity index is 1290. The highest BCUT2D eigenvalue weighted by Crippen LogP contribution is 2.27. The topological polar surface area (TPSA) is 145 Å². The molecule has 3 rings (SSSR count). The molecule has 10 nitrogen and oxygen atoms in total. The van der Waals surface area contributed by atoms with Crippen LogP contribution in [0.25, 0.3) is 0 Å². The maximum absolute atomic E-state index is 13.8. The summed E-state index contributed by atoms with van der Waals surface area (Å²) in [6, 6.07) is 4.77. The monoisotopic (exact) mass is 582 g/mol.